The minimum absolute atomic E-state index is 0.0212. The standard InChI is InChI=1S/C21H25N3O4S/c1-5-27-18-10-12-19(13-11-18)29(25,26)24(4)14-20-22-21(23-28-20)17-8-6-16(7-9-17)15(2)3/h6-13,15H,5,14H2,1-4H3. The summed E-state index contributed by atoms with van der Waals surface area (Å²) in [7, 11) is -2.21. The van der Waals surface area contributed by atoms with Gasteiger partial charge in [0, 0.05) is 12.6 Å². The largest absolute Gasteiger partial charge is 0.494 e. The molecule has 0 atom stereocenters. The molecule has 1 aromatic heterocycles. The minimum atomic E-state index is -3.69. The number of hydrogen-bond acceptors (Lipinski definition) is 6. The van der Waals surface area contributed by atoms with Crippen molar-refractivity contribution in [1.82, 2.24) is 14.4 Å². The average Bonchev–Trinajstić information content (AvgIpc) is 3.17. The van der Waals surface area contributed by atoms with E-state index < -0.39 is 10.0 Å². The lowest BCUT2D eigenvalue weighted by Gasteiger charge is -2.15. The smallest absolute Gasteiger partial charge is 0.243 e. The zero-order valence-corrected chi connectivity index (χ0v) is 17.8. The van der Waals surface area contributed by atoms with E-state index in [-0.39, 0.29) is 17.3 Å². The second-order valence-corrected chi connectivity index (χ2v) is 9.00. The van der Waals surface area contributed by atoms with Crippen LogP contribution >= 0.6 is 0 Å². The Morgan fingerprint density at radius 3 is 2.31 bits per heavy atom. The van der Waals surface area contributed by atoms with Crippen molar-refractivity contribution in [3.63, 3.8) is 0 Å². The Labute approximate surface area is 171 Å². The van der Waals surface area contributed by atoms with Crippen LogP contribution in [0.5, 0.6) is 5.75 Å². The van der Waals surface area contributed by atoms with Crippen LogP contribution in [-0.2, 0) is 16.6 Å². The molecule has 0 fully saturated rings. The molecule has 0 N–H and O–H groups in total. The Bertz CT molecular complexity index is 1040. The maximum absolute atomic E-state index is 12.8. The van der Waals surface area contributed by atoms with Gasteiger partial charge in [-0.15, -0.1) is 0 Å². The van der Waals surface area contributed by atoms with E-state index in [0.29, 0.717) is 24.1 Å². The van der Waals surface area contributed by atoms with Crippen LogP contribution in [0.4, 0.5) is 0 Å². The fourth-order valence-corrected chi connectivity index (χ4v) is 3.90. The maximum atomic E-state index is 12.8. The molecule has 29 heavy (non-hydrogen) atoms. The van der Waals surface area contributed by atoms with Gasteiger partial charge in [-0.2, -0.15) is 9.29 Å². The van der Waals surface area contributed by atoms with Crippen molar-refractivity contribution in [3.8, 4) is 17.1 Å². The van der Waals surface area contributed by atoms with Crippen LogP contribution in [0, 0.1) is 0 Å². The molecule has 0 radical (unpaired) electrons. The average molecular weight is 416 g/mol. The van der Waals surface area contributed by atoms with Gasteiger partial charge in [0.1, 0.15) is 5.75 Å². The van der Waals surface area contributed by atoms with Gasteiger partial charge in [0.15, 0.2) is 0 Å². The molecule has 154 valence electrons. The first-order chi connectivity index (χ1) is 13.8. The first kappa shape index (κ1) is 21.0. The monoisotopic (exact) mass is 415 g/mol. The first-order valence-electron chi connectivity index (χ1n) is 9.43. The molecule has 3 rings (SSSR count). The van der Waals surface area contributed by atoms with Gasteiger partial charge in [-0.3, -0.25) is 0 Å². The lowest BCUT2D eigenvalue weighted by Crippen LogP contribution is -2.26. The fraction of sp³-hybridized carbons (Fsp3) is 0.333. The van der Waals surface area contributed by atoms with Gasteiger partial charge >= 0.3 is 0 Å². The number of nitrogens with zero attached hydrogens (tertiary/aromatic N) is 3. The van der Waals surface area contributed by atoms with Crippen molar-refractivity contribution in [3.05, 3.63) is 60.0 Å². The fourth-order valence-electron chi connectivity index (χ4n) is 2.78. The molecule has 0 amide bonds. The van der Waals surface area contributed by atoms with E-state index >= 15 is 0 Å². The molecule has 2 aromatic carbocycles. The number of rotatable bonds is 8. The zero-order valence-electron chi connectivity index (χ0n) is 17.0. The molecular weight excluding hydrogens is 390 g/mol. The van der Waals surface area contributed by atoms with Crippen LogP contribution in [-0.4, -0.2) is 36.5 Å². The summed E-state index contributed by atoms with van der Waals surface area (Å²) in [6.07, 6.45) is 0. The van der Waals surface area contributed by atoms with Crippen LogP contribution in [0.3, 0.4) is 0 Å². The minimum Gasteiger partial charge on any atom is -0.494 e. The van der Waals surface area contributed by atoms with Crippen LogP contribution < -0.4 is 4.74 Å². The highest BCUT2D eigenvalue weighted by atomic mass is 32.2. The lowest BCUT2D eigenvalue weighted by atomic mass is 10.0. The summed E-state index contributed by atoms with van der Waals surface area (Å²) >= 11 is 0. The molecule has 0 aliphatic heterocycles. The van der Waals surface area contributed by atoms with Gasteiger partial charge in [-0.1, -0.05) is 43.3 Å². The molecule has 8 heteroatoms. The second-order valence-electron chi connectivity index (χ2n) is 6.95. The summed E-state index contributed by atoms with van der Waals surface area (Å²) in [5, 5.41) is 3.98. The van der Waals surface area contributed by atoms with Gasteiger partial charge in [0.05, 0.1) is 18.0 Å². The molecule has 3 aromatic rings. The van der Waals surface area contributed by atoms with Crippen molar-refractivity contribution >= 4 is 10.0 Å². The van der Waals surface area contributed by atoms with Gasteiger partial charge in [0.25, 0.3) is 0 Å². The van der Waals surface area contributed by atoms with Crippen molar-refractivity contribution < 1.29 is 17.7 Å². The summed E-state index contributed by atoms with van der Waals surface area (Å²) in [5.74, 6) is 1.72. The summed E-state index contributed by atoms with van der Waals surface area (Å²) in [6.45, 7) is 6.62. The maximum Gasteiger partial charge on any atom is 0.243 e. The number of aromatic nitrogens is 2. The number of benzene rings is 2. The van der Waals surface area contributed by atoms with E-state index in [2.05, 4.69) is 24.0 Å². The Morgan fingerprint density at radius 2 is 1.72 bits per heavy atom. The highest BCUT2D eigenvalue weighted by Crippen LogP contribution is 2.23. The van der Waals surface area contributed by atoms with Gasteiger partial charge in [0.2, 0.25) is 21.7 Å². The third-order valence-electron chi connectivity index (χ3n) is 4.50. The summed E-state index contributed by atoms with van der Waals surface area (Å²) in [4.78, 5) is 4.51. The normalized spacial score (nSPS) is 11.9. The SMILES string of the molecule is CCOc1ccc(S(=O)(=O)N(C)Cc2nc(-c3ccc(C(C)C)cc3)no2)cc1. The molecule has 7 nitrogen and oxygen atoms in total. The number of sulfonamides is 1. The molecule has 0 spiro atoms. The predicted molar refractivity (Wildman–Crippen MR) is 110 cm³/mol. The van der Waals surface area contributed by atoms with Gasteiger partial charge in [-0.05, 0) is 42.7 Å². The van der Waals surface area contributed by atoms with Crippen LogP contribution in [0.1, 0.15) is 38.1 Å². The molecule has 0 bridgehead atoms. The van der Waals surface area contributed by atoms with E-state index in [1.165, 1.54) is 29.0 Å². The highest BCUT2D eigenvalue weighted by Gasteiger charge is 2.23. The van der Waals surface area contributed by atoms with Crippen LogP contribution in [0.15, 0.2) is 57.9 Å². The van der Waals surface area contributed by atoms with E-state index in [1.54, 1.807) is 12.1 Å². The van der Waals surface area contributed by atoms with Gasteiger partial charge < -0.3 is 9.26 Å². The highest BCUT2D eigenvalue weighted by molar-refractivity contribution is 7.89. The molecule has 0 aliphatic rings. The van der Waals surface area contributed by atoms with Crippen molar-refractivity contribution in [2.24, 2.45) is 0 Å². The van der Waals surface area contributed by atoms with E-state index in [9.17, 15) is 8.42 Å². The topological polar surface area (TPSA) is 85.5 Å². The zero-order chi connectivity index (χ0) is 21.0. The second kappa shape index (κ2) is 8.75. The summed E-state index contributed by atoms with van der Waals surface area (Å²) < 4.78 is 37.4. The van der Waals surface area contributed by atoms with Crippen molar-refractivity contribution in [1.29, 1.82) is 0 Å². The Kier molecular flexibility index (Phi) is 6.34. The summed E-state index contributed by atoms with van der Waals surface area (Å²) in [6, 6.07) is 14.2. The Hall–Kier alpha value is -2.71. The Balaban J connectivity index is 1.72. The van der Waals surface area contributed by atoms with Gasteiger partial charge in [-0.25, -0.2) is 8.42 Å². The quantitative estimate of drug-likeness (QED) is 0.551. The molecule has 0 unspecified atom stereocenters. The molecule has 0 saturated carbocycles. The van der Waals surface area contributed by atoms with Crippen LogP contribution in [0.25, 0.3) is 11.4 Å². The molecule has 0 aliphatic carbocycles. The first-order valence-corrected chi connectivity index (χ1v) is 10.9. The predicted octanol–water partition coefficient (Wildman–Crippen LogP) is 4.08. The number of ether oxygens (including phenoxy) is 1. The third-order valence-corrected chi connectivity index (χ3v) is 6.32. The Morgan fingerprint density at radius 1 is 1.07 bits per heavy atom. The summed E-state index contributed by atoms with van der Waals surface area (Å²) in [5.41, 5.74) is 2.04. The van der Waals surface area contributed by atoms with Crippen molar-refractivity contribution in [2.45, 2.75) is 38.1 Å². The van der Waals surface area contributed by atoms with Crippen molar-refractivity contribution in [2.75, 3.05) is 13.7 Å². The molecular formula is C21H25N3O4S. The van der Waals surface area contributed by atoms with E-state index in [1.807, 2.05) is 31.2 Å². The van der Waals surface area contributed by atoms with E-state index in [4.69, 9.17) is 9.26 Å². The third kappa shape index (κ3) is 4.83. The van der Waals surface area contributed by atoms with Crippen LogP contribution in [0.2, 0.25) is 0 Å². The molecule has 1 heterocycles. The van der Waals surface area contributed by atoms with E-state index in [0.717, 1.165) is 5.56 Å². The lowest BCUT2D eigenvalue weighted by molar-refractivity contribution is 0.336. The number of hydrogen-bond donors (Lipinski definition) is 0. The molecule has 0 saturated heterocycles.